The minimum absolute atomic E-state index is 0.423. The third-order valence-corrected chi connectivity index (χ3v) is 3.02. The van der Waals surface area contributed by atoms with Gasteiger partial charge in [-0.2, -0.15) is 5.26 Å². The number of anilines is 1. The largest absolute Gasteiger partial charge is 0.497 e. The summed E-state index contributed by atoms with van der Waals surface area (Å²) in [6.07, 6.45) is 0. The van der Waals surface area contributed by atoms with Gasteiger partial charge in [0.2, 0.25) is 0 Å². The Balaban J connectivity index is 2.10. The lowest BCUT2D eigenvalue weighted by Crippen LogP contribution is -2.46. The van der Waals surface area contributed by atoms with Gasteiger partial charge >= 0.3 is 0 Å². The summed E-state index contributed by atoms with van der Waals surface area (Å²) in [5.41, 5.74) is 0.395. The van der Waals surface area contributed by atoms with Gasteiger partial charge in [0, 0.05) is 12.6 Å². The molecule has 1 aromatic carbocycles. The molecular formula is C13H16N2O3. The van der Waals surface area contributed by atoms with Crippen LogP contribution >= 0.6 is 0 Å². The molecule has 96 valence electrons. The second-order valence-corrected chi connectivity index (χ2v) is 4.30. The predicted molar refractivity (Wildman–Crippen MR) is 66.9 cm³/mol. The second-order valence-electron chi connectivity index (χ2n) is 4.30. The van der Waals surface area contributed by atoms with E-state index in [1.165, 1.54) is 0 Å². The third kappa shape index (κ3) is 2.34. The number of nitrogens with one attached hydrogen (secondary N) is 1. The molecule has 1 N–H and O–H groups in total. The van der Waals surface area contributed by atoms with E-state index in [9.17, 15) is 0 Å². The van der Waals surface area contributed by atoms with E-state index in [2.05, 4.69) is 11.4 Å². The van der Waals surface area contributed by atoms with E-state index < -0.39 is 5.41 Å². The highest BCUT2D eigenvalue weighted by Crippen LogP contribution is 2.32. The van der Waals surface area contributed by atoms with Crippen molar-refractivity contribution < 1.29 is 14.2 Å². The second kappa shape index (κ2) is 5.15. The fraction of sp³-hybridized carbons (Fsp3) is 0.462. The Kier molecular flexibility index (Phi) is 3.58. The van der Waals surface area contributed by atoms with Gasteiger partial charge in [-0.1, -0.05) is 0 Å². The molecule has 1 heterocycles. The standard InChI is InChI=1S/C13H16N2O3/c1-16-10-3-4-12(17-2)11(5-10)15-7-13(6-14)8-18-9-13/h3-5,15H,7-9H2,1-2H3. The fourth-order valence-electron chi connectivity index (χ4n) is 1.77. The van der Waals surface area contributed by atoms with Crippen LogP contribution < -0.4 is 14.8 Å². The topological polar surface area (TPSA) is 63.5 Å². The molecule has 0 aliphatic carbocycles. The van der Waals surface area contributed by atoms with E-state index in [-0.39, 0.29) is 0 Å². The van der Waals surface area contributed by atoms with Gasteiger partial charge in [-0.15, -0.1) is 0 Å². The van der Waals surface area contributed by atoms with Crippen LogP contribution in [0, 0.1) is 16.7 Å². The monoisotopic (exact) mass is 248 g/mol. The van der Waals surface area contributed by atoms with E-state index in [1.807, 2.05) is 18.2 Å². The van der Waals surface area contributed by atoms with Gasteiger partial charge in [-0.3, -0.25) is 0 Å². The smallest absolute Gasteiger partial charge is 0.142 e. The quantitative estimate of drug-likeness (QED) is 0.858. The Morgan fingerprint density at radius 3 is 2.67 bits per heavy atom. The molecule has 1 aromatic rings. The van der Waals surface area contributed by atoms with E-state index in [0.717, 1.165) is 17.2 Å². The maximum atomic E-state index is 9.12. The van der Waals surface area contributed by atoms with Crippen LogP contribution in [0.2, 0.25) is 0 Å². The summed E-state index contributed by atoms with van der Waals surface area (Å²) in [6.45, 7) is 1.48. The summed E-state index contributed by atoms with van der Waals surface area (Å²) in [5.74, 6) is 1.47. The van der Waals surface area contributed by atoms with E-state index in [1.54, 1.807) is 14.2 Å². The number of hydrogen-bond donors (Lipinski definition) is 1. The summed E-state index contributed by atoms with van der Waals surface area (Å²) >= 11 is 0. The minimum atomic E-state index is -0.423. The number of methoxy groups -OCH3 is 2. The Morgan fingerprint density at radius 2 is 2.17 bits per heavy atom. The zero-order valence-corrected chi connectivity index (χ0v) is 10.5. The first-order valence-electron chi connectivity index (χ1n) is 5.68. The molecule has 0 atom stereocenters. The molecule has 1 aliphatic rings. The number of nitriles is 1. The predicted octanol–water partition coefficient (Wildman–Crippen LogP) is 1.66. The Morgan fingerprint density at radius 1 is 1.39 bits per heavy atom. The average molecular weight is 248 g/mol. The lowest BCUT2D eigenvalue weighted by Gasteiger charge is -2.35. The highest BCUT2D eigenvalue weighted by atomic mass is 16.5. The third-order valence-electron chi connectivity index (χ3n) is 3.02. The van der Waals surface area contributed by atoms with Gasteiger partial charge in [0.25, 0.3) is 0 Å². The average Bonchev–Trinajstić information content (AvgIpc) is 2.37. The molecule has 18 heavy (non-hydrogen) atoms. The molecule has 0 amide bonds. The molecule has 5 heteroatoms. The number of nitrogens with zero attached hydrogens (tertiary/aromatic N) is 1. The molecular weight excluding hydrogens is 232 g/mol. The van der Waals surface area contributed by atoms with Crippen molar-refractivity contribution in [3.05, 3.63) is 18.2 Å². The van der Waals surface area contributed by atoms with Gasteiger partial charge in [0.05, 0.1) is 39.2 Å². The number of hydrogen-bond acceptors (Lipinski definition) is 5. The van der Waals surface area contributed by atoms with Crippen molar-refractivity contribution >= 4 is 5.69 Å². The lowest BCUT2D eigenvalue weighted by molar-refractivity contribution is -0.0690. The van der Waals surface area contributed by atoms with Gasteiger partial charge in [-0.25, -0.2) is 0 Å². The first kappa shape index (κ1) is 12.5. The van der Waals surface area contributed by atoms with Crippen molar-refractivity contribution in [1.82, 2.24) is 0 Å². The molecule has 5 nitrogen and oxygen atoms in total. The van der Waals surface area contributed by atoms with E-state index in [4.69, 9.17) is 19.5 Å². The van der Waals surface area contributed by atoms with E-state index in [0.29, 0.717) is 19.8 Å². The molecule has 1 aliphatic heterocycles. The highest BCUT2D eigenvalue weighted by Gasteiger charge is 2.38. The zero-order chi connectivity index (χ0) is 13.0. The highest BCUT2D eigenvalue weighted by molar-refractivity contribution is 5.60. The maximum absolute atomic E-state index is 9.12. The van der Waals surface area contributed by atoms with Crippen LogP contribution in [0.4, 0.5) is 5.69 Å². The van der Waals surface area contributed by atoms with Crippen molar-refractivity contribution in [2.24, 2.45) is 5.41 Å². The molecule has 0 saturated carbocycles. The van der Waals surface area contributed by atoms with Crippen LogP contribution in [-0.4, -0.2) is 34.0 Å². The van der Waals surface area contributed by atoms with Crippen molar-refractivity contribution in [2.45, 2.75) is 0 Å². The van der Waals surface area contributed by atoms with Crippen LogP contribution in [0.5, 0.6) is 11.5 Å². The summed E-state index contributed by atoms with van der Waals surface area (Å²) in [4.78, 5) is 0. The molecule has 2 rings (SSSR count). The Labute approximate surface area is 106 Å². The summed E-state index contributed by atoms with van der Waals surface area (Å²) in [6, 6.07) is 7.80. The molecule has 0 radical (unpaired) electrons. The zero-order valence-electron chi connectivity index (χ0n) is 10.5. The van der Waals surface area contributed by atoms with Gasteiger partial charge < -0.3 is 19.5 Å². The normalized spacial score (nSPS) is 16.3. The van der Waals surface area contributed by atoms with Crippen molar-refractivity contribution in [2.75, 3.05) is 39.3 Å². The van der Waals surface area contributed by atoms with Crippen molar-refractivity contribution in [3.63, 3.8) is 0 Å². The molecule has 0 spiro atoms. The van der Waals surface area contributed by atoms with Crippen molar-refractivity contribution in [3.8, 4) is 17.6 Å². The fourth-order valence-corrected chi connectivity index (χ4v) is 1.77. The molecule has 0 aromatic heterocycles. The molecule has 1 fully saturated rings. The maximum Gasteiger partial charge on any atom is 0.142 e. The van der Waals surface area contributed by atoms with Crippen LogP contribution in [0.25, 0.3) is 0 Å². The van der Waals surface area contributed by atoms with Gasteiger partial charge in [0.1, 0.15) is 16.9 Å². The SMILES string of the molecule is COc1ccc(OC)c(NCC2(C#N)COC2)c1. The number of ether oxygens (including phenoxy) is 3. The van der Waals surface area contributed by atoms with E-state index >= 15 is 0 Å². The Bertz CT molecular complexity index is 464. The van der Waals surface area contributed by atoms with Gasteiger partial charge in [0.15, 0.2) is 0 Å². The van der Waals surface area contributed by atoms with Crippen LogP contribution in [0.15, 0.2) is 18.2 Å². The van der Waals surface area contributed by atoms with Crippen LogP contribution in [0.3, 0.4) is 0 Å². The lowest BCUT2D eigenvalue weighted by atomic mass is 9.88. The van der Waals surface area contributed by atoms with Crippen LogP contribution in [0.1, 0.15) is 0 Å². The van der Waals surface area contributed by atoms with Gasteiger partial charge in [-0.05, 0) is 12.1 Å². The number of rotatable bonds is 5. The summed E-state index contributed by atoms with van der Waals surface area (Å²) < 4.78 is 15.5. The number of benzene rings is 1. The molecule has 1 saturated heterocycles. The Hall–Kier alpha value is -1.93. The minimum Gasteiger partial charge on any atom is -0.497 e. The summed E-state index contributed by atoms with van der Waals surface area (Å²) in [5, 5.41) is 12.3. The summed E-state index contributed by atoms with van der Waals surface area (Å²) in [7, 11) is 3.22. The first-order valence-corrected chi connectivity index (χ1v) is 5.68. The van der Waals surface area contributed by atoms with Crippen LogP contribution in [-0.2, 0) is 4.74 Å². The first-order chi connectivity index (χ1) is 8.73. The molecule has 0 bridgehead atoms. The van der Waals surface area contributed by atoms with Crippen molar-refractivity contribution in [1.29, 1.82) is 5.26 Å². The molecule has 0 unspecified atom stereocenters.